The van der Waals surface area contributed by atoms with Crippen LogP contribution in [-0.4, -0.2) is 30.5 Å². The largest absolute Gasteiger partial charge is 0.350 e. The number of nitrogens with zero attached hydrogens (tertiary/aromatic N) is 5. The van der Waals surface area contributed by atoms with Crippen LogP contribution in [0, 0.1) is 13.8 Å². The van der Waals surface area contributed by atoms with Gasteiger partial charge in [-0.3, -0.25) is 14.2 Å². The van der Waals surface area contributed by atoms with Gasteiger partial charge in [0.2, 0.25) is 5.91 Å². The molecule has 3 aromatic rings. The van der Waals surface area contributed by atoms with Crippen LogP contribution in [0.1, 0.15) is 22.8 Å². The molecule has 0 fully saturated rings. The van der Waals surface area contributed by atoms with Crippen molar-refractivity contribution in [2.24, 2.45) is 7.05 Å². The summed E-state index contributed by atoms with van der Waals surface area (Å²) in [7, 11) is 1.89. The van der Waals surface area contributed by atoms with Gasteiger partial charge in [-0.25, -0.2) is 4.98 Å². The molecule has 3 aromatic heterocycles. The van der Waals surface area contributed by atoms with Crippen molar-refractivity contribution in [3.05, 3.63) is 28.0 Å². The second-order valence-corrected chi connectivity index (χ2v) is 6.16. The molecule has 0 unspecified atom stereocenters. The Kier molecular flexibility index (Phi) is 3.93. The van der Waals surface area contributed by atoms with Gasteiger partial charge in [-0.2, -0.15) is 10.2 Å². The number of hydrogen-bond acceptors (Lipinski definition) is 5. The van der Waals surface area contributed by atoms with E-state index < -0.39 is 0 Å². The van der Waals surface area contributed by atoms with E-state index in [-0.39, 0.29) is 5.91 Å². The third kappa shape index (κ3) is 2.87. The molecular weight excluding hydrogens is 300 g/mol. The lowest BCUT2D eigenvalue weighted by Gasteiger charge is -2.04. The van der Waals surface area contributed by atoms with Crippen molar-refractivity contribution in [3.8, 4) is 0 Å². The van der Waals surface area contributed by atoms with Crippen molar-refractivity contribution in [2.45, 2.75) is 33.4 Å². The maximum atomic E-state index is 11.9. The summed E-state index contributed by atoms with van der Waals surface area (Å²) >= 11 is 1.56. The van der Waals surface area contributed by atoms with Crippen LogP contribution in [0.5, 0.6) is 0 Å². The van der Waals surface area contributed by atoms with Gasteiger partial charge < -0.3 is 5.32 Å². The van der Waals surface area contributed by atoms with Gasteiger partial charge in [0.15, 0.2) is 0 Å². The zero-order valence-electron chi connectivity index (χ0n) is 12.8. The van der Waals surface area contributed by atoms with Gasteiger partial charge in [-0.15, -0.1) is 11.3 Å². The van der Waals surface area contributed by atoms with Gasteiger partial charge in [-0.1, -0.05) is 0 Å². The van der Waals surface area contributed by atoms with E-state index in [0.717, 1.165) is 27.4 Å². The van der Waals surface area contributed by atoms with Crippen molar-refractivity contribution >= 4 is 28.3 Å². The van der Waals surface area contributed by atoms with E-state index in [1.54, 1.807) is 22.2 Å². The fourth-order valence-corrected chi connectivity index (χ4v) is 3.15. The van der Waals surface area contributed by atoms with E-state index in [4.69, 9.17) is 0 Å². The second kappa shape index (κ2) is 5.88. The molecule has 8 heteroatoms. The lowest BCUT2D eigenvalue weighted by Crippen LogP contribution is -2.24. The number of fused-ring (bicyclic) bond motifs is 1. The van der Waals surface area contributed by atoms with E-state index in [0.29, 0.717) is 19.5 Å². The Hall–Kier alpha value is -2.22. The fraction of sp³-hybridized carbons (Fsp3) is 0.429. The van der Waals surface area contributed by atoms with Gasteiger partial charge in [0.25, 0.3) is 0 Å². The zero-order chi connectivity index (χ0) is 15.7. The number of aromatic nitrogens is 5. The molecule has 22 heavy (non-hydrogen) atoms. The molecule has 0 bridgehead atoms. The van der Waals surface area contributed by atoms with Crippen LogP contribution in [0.4, 0.5) is 0 Å². The Bertz CT molecular complexity index is 815. The molecule has 0 saturated heterocycles. The predicted octanol–water partition coefficient (Wildman–Crippen LogP) is 1.55. The monoisotopic (exact) mass is 318 g/mol. The Morgan fingerprint density at radius 2 is 2.23 bits per heavy atom. The molecule has 116 valence electrons. The first-order valence-electron chi connectivity index (χ1n) is 7.07. The molecule has 0 aromatic carbocycles. The minimum Gasteiger partial charge on any atom is -0.350 e. The summed E-state index contributed by atoms with van der Waals surface area (Å²) in [6.07, 6.45) is 2.17. The first-order valence-corrected chi connectivity index (χ1v) is 7.95. The van der Waals surface area contributed by atoms with Crippen LogP contribution < -0.4 is 5.32 Å². The third-order valence-corrected chi connectivity index (χ3v) is 4.43. The zero-order valence-corrected chi connectivity index (χ0v) is 13.6. The summed E-state index contributed by atoms with van der Waals surface area (Å²) in [6.45, 7) is 4.92. The maximum absolute atomic E-state index is 11.9. The summed E-state index contributed by atoms with van der Waals surface area (Å²) in [4.78, 5) is 16.3. The highest BCUT2D eigenvalue weighted by Crippen LogP contribution is 2.16. The second-order valence-electron chi connectivity index (χ2n) is 5.22. The van der Waals surface area contributed by atoms with Crippen molar-refractivity contribution < 1.29 is 4.79 Å². The molecule has 1 amide bonds. The highest BCUT2D eigenvalue weighted by atomic mass is 32.1. The molecular formula is C14H18N6OS. The SMILES string of the molecule is Cc1csc(CNC(=O)CCn2ncc3c2c(C)nn3C)n1. The first-order chi connectivity index (χ1) is 10.5. The van der Waals surface area contributed by atoms with E-state index >= 15 is 0 Å². The van der Waals surface area contributed by atoms with Crippen molar-refractivity contribution in [1.29, 1.82) is 0 Å². The average molecular weight is 318 g/mol. The van der Waals surface area contributed by atoms with Crippen LogP contribution in [-0.2, 0) is 24.9 Å². The average Bonchev–Trinajstić information content (AvgIpc) is 3.14. The number of carbonyl (C=O) groups is 1. The van der Waals surface area contributed by atoms with Crippen molar-refractivity contribution in [1.82, 2.24) is 29.9 Å². The van der Waals surface area contributed by atoms with Gasteiger partial charge >= 0.3 is 0 Å². The molecule has 0 spiro atoms. The van der Waals surface area contributed by atoms with Crippen LogP contribution in [0.2, 0.25) is 0 Å². The summed E-state index contributed by atoms with van der Waals surface area (Å²) < 4.78 is 3.64. The van der Waals surface area contributed by atoms with E-state index in [2.05, 4.69) is 20.5 Å². The number of hydrogen-bond donors (Lipinski definition) is 1. The van der Waals surface area contributed by atoms with Gasteiger partial charge in [-0.05, 0) is 13.8 Å². The highest BCUT2D eigenvalue weighted by Gasteiger charge is 2.12. The van der Waals surface area contributed by atoms with Crippen molar-refractivity contribution in [2.75, 3.05) is 0 Å². The molecule has 0 saturated carbocycles. The number of carbonyl (C=O) groups excluding carboxylic acids is 1. The van der Waals surface area contributed by atoms with E-state index in [9.17, 15) is 4.79 Å². The quantitative estimate of drug-likeness (QED) is 0.774. The first kappa shape index (κ1) is 14.7. The minimum absolute atomic E-state index is 0.00181. The smallest absolute Gasteiger partial charge is 0.222 e. The Balaban J connectivity index is 1.58. The number of thiazole rings is 1. The molecule has 0 aliphatic rings. The van der Waals surface area contributed by atoms with Crippen LogP contribution in [0.3, 0.4) is 0 Å². The van der Waals surface area contributed by atoms with Crippen LogP contribution in [0.25, 0.3) is 11.0 Å². The highest BCUT2D eigenvalue weighted by molar-refractivity contribution is 7.09. The van der Waals surface area contributed by atoms with Gasteiger partial charge in [0.1, 0.15) is 16.0 Å². The molecule has 3 rings (SSSR count). The number of rotatable bonds is 5. The Morgan fingerprint density at radius 1 is 1.41 bits per heavy atom. The van der Waals surface area contributed by atoms with Gasteiger partial charge in [0, 0.05) is 24.5 Å². The molecule has 1 N–H and O–H groups in total. The van der Waals surface area contributed by atoms with Gasteiger partial charge in [0.05, 0.1) is 25.0 Å². The lowest BCUT2D eigenvalue weighted by molar-refractivity contribution is -0.121. The number of nitrogens with one attached hydrogen (secondary N) is 1. The Morgan fingerprint density at radius 3 is 2.95 bits per heavy atom. The fourth-order valence-electron chi connectivity index (χ4n) is 2.43. The third-order valence-electron chi connectivity index (χ3n) is 3.47. The molecule has 3 heterocycles. The summed E-state index contributed by atoms with van der Waals surface area (Å²) in [5, 5.41) is 14.5. The predicted molar refractivity (Wildman–Crippen MR) is 84.6 cm³/mol. The summed E-state index contributed by atoms with van der Waals surface area (Å²) in [6, 6.07) is 0. The molecule has 0 radical (unpaired) electrons. The normalized spacial score (nSPS) is 11.2. The van der Waals surface area contributed by atoms with Crippen molar-refractivity contribution in [3.63, 3.8) is 0 Å². The van der Waals surface area contributed by atoms with E-state index in [1.165, 1.54) is 0 Å². The van der Waals surface area contributed by atoms with E-state index in [1.807, 2.05) is 31.0 Å². The van der Waals surface area contributed by atoms with Crippen LogP contribution >= 0.6 is 11.3 Å². The standard InChI is InChI=1S/C14H18N6OS/c1-9-8-22-13(17-9)7-15-12(21)4-5-20-14-10(2)18-19(3)11(14)6-16-20/h6,8H,4-5,7H2,1-3H3,(H,15,21). The molecule has 0 atom stereocenters. The lowest BCUT2D eigenvalue weighted by atomic mass is 10.3. The number of aryl methyl sites for hydroxylation is 4. The molecule has 7 nitrogen and oxygen atoms in total. The summed E-state index contributed by atoms with van der Waals surface area (Å²) in [5.41, 5.74) is 3.89. The molecule has 0 aliphatic heterocycles. The maximum Gasteiger partial charge on any atom is 0.222 e. The Labute approximate surface area is 132 Å². The molecule has 0 aliphatic carbocycles. The minimum atomic E-state index is -0.00181. The summed E-state index contributed by atoms with van der Waals surface area (Å²) in [5.74, 6) is -0.00181. The number of amides is 1. The topological polar surface area (TPSA) is 77.6 Å². The van der Waals surface area contributed by atoms with Crippen LogP contribution in [0.15, 0.2) is 11.6 Å².